The monoisotopic (exact) mass is 241 g/mol. The van der Waals surface area contributed by atoms with Gasteiger partial charge in [-0.15, -0.1) is 0 Å². The third kappa shape index (κ3) is 3.91. The predicted octanol–water partition coefficient (Wildman–Crippen LogP) is 0.905. The standard InChI is InChI=1S/C12H23N3O2/c1-9-6-5-7-15(8-9)12(17)13-10(2)11(16)14(3)4/h9-10H,5-8H2,1-4H3,(H,13,17). The van der Waals surface area contributed by atoms with Gasteiger partial charge in [0, 0.05) is 27.2 Å². The molecule has 3 amide bonds. The van der Waals surface area contributed by atoms with Gasteiger partial charge < -0.3 is 15.1 Å². The number of nitrogens with one attached hydrogen (secondary N) is 1. The molecule has 1 aliphatic rings. The van der Waals surface area contributed by atoms with Crippen molar-refractivity contribution in [1.82, 2.24) is 15.1 Å². The van der Waals surface area contributed by atoms with Crippen molar-refractivity contribution in [3.8, 4) is 0 Å². The number of piperidine rings is 1. The average Bonchev–Trinajstić information content (AvgIpc) is 2.27. The molecule has 1 saturated heterocycles. The molecule has 2 unspecified atom stereocenters. The summed E-state index contributed by atoms with van der Waals surface area (Å²) in [6.45, 7) is 5.44. The Morgan fingerprint density at radius 1 is 1.41 bits per heavy atom. The molecule has 0 bridgehead atoms. The second-order valence-corrected chi connectivity index (χ2v) is 5.10. The molecule has 0 aliphatic carbocycles. The van der Waals surface area contributed by atoms with Crippen LogP contribution in [-0.4, -0.2) is 55.0 Å². The molecule has 98 valence electrons. The first-order valence-corrected chi connectivity index (χ1v) is 6.18. The first-order chi connectivity index (χ1) is 7.91. The number of likely N-dealkylation sites (tertiary alicyclic amines) is 1. The van der Waals surface area contributed by atoms with E-state index >= 15 is 0 Å². The van der Waals surface area contributed by atoms with Crippen LogP contribution in [0.25, 0.3) is 0 Å². The summed E-state index contributed by atoms with van der Waals surface area (Å²) in [6, 6.07) is -0.589. The molecular weight excluding hydrogens is 218 g/mol. The summed E-state index contributed by atoms with van der Waals surface area (Å²) in [4.78, 5) is 26.8. The highest BCUT2D eigenvalue weighted by molar-refractivity contribution is 5.86. The largest absolute Gasteiger partial charge is 0.347 e. The van der Waals surface area contributed by atoms with E-state index in [1.165, 1.54) is 11.3 Å². The van der Waals surface area contributed by atoms with E-state index in [0.29, 0.717) is 5.92 Å². The van der Waals surface area contributed by atoms with E-state index < -0.39 is 6.04 Å². The van der Waals surface area contributed by atoms with E-state index in [2.05, 4.69) is 12.2 Å². The fourth-order valence-corrected chi connectivity index (χ4v) is 2.10. The van der Waals surface area contributed by atoms with E-state index in [-0.39, 0.29) is 11.9 Å². The van der Waals surface area contributed by atoms with Crippen LogP contribution in [0.1, 0.15) is 26.7 Å². The summed E-state index contributed by atoms with van der Waals surface area (Å²) in [5.41, 5.74) is 0. The van der Waals surface area contributed by atoms with Crippen molar-refractivity contribution in [2.45, 2.75) is 32.7 Å². The van der Waals surface area contributed by atoms with E-state index in [9.17, 15) is 9.59 Å². The molecule has 5 heteroatoms. The number of rotatable bonds is 2. The Morgan fingerprint density at radius 3 is 2.59 bits per heavy atom. The molecule has 2 atom stereocenters. The van der Waals surface area contributed by atoms with Gasteiger partial charge in [0.2, 0.25) is 5.91 Å². The molecule has 1 heterocycles. The normalized spacial score (nSPS) is 21.9. The second kappa shape index (κ2) is 5.89. The van der Waals surface area contributed by atoms with Gasteiger partial charge in [0.25, 0.3) is 0 Å². The van der Waals surface area contributed by atoms with Crippen molar-refractivity contribution in [3.63, 3.8) is 0 Å². The minimum absolute atomic E-state index is 0.0802. The predicted molar refractivity (Wildman–Crippen MR) is 66.7 cm³/mol. The maximum absolute atomic E-state index is 11.9. The fourth-order valence-electron chi connectivity index (χ4n) is 2.10. The highest BCUT2D eigenvalue weighted by Gasteiger charge is 2.24. The van der Waals surface area contributed by atoms with Gasteiger partial charge in [-0.1, -0.05) is 6.92 Å². The van der Waals surface area contributed by atoms with Gasteiger partial charge in [-0.05, 0) is 25.7 Å². The Morgan fingerprint density at radius 2 is 2.06 bits per heavy atom. The lowest BCUT2D eigenvalue weighted by molar-refractivity contribution is -0.130. The third-order valence-corrected chi connectivity index (χ3v) is 3.10. The Hall–Kier alpha value is -1.26. The first-order valence-electron chi connectivity index (χ1n) is 6.18. The van der Waals surface area contributed by atoms with E-state index in [0.717, 1.165) is 19.5 Å². The summed E-state index contributed by atoms with van der Waals surface area (Å²) in [6.07, 6.45) is 2.22. The quantitative estimate of drug-likeness (QED) is 0.781. The maximum Gasteiger partial charge on any atom is 0.318 e. The summed E-state index contributed by atoms with van der Waals surface area (Å²) < 4.78 is 0. The van der Waals surface area contributed by atoms with Gasteiger partial charge >= 0.3 is 6.03 Å². The highest BCUT2D eigenvalue weighted by Crippen LogP contribution is 2.15. The van der Waals surface area contributed by atoms with Gasteiger partial charge in [-0.3, -0.25) is 4.79 Å². The van der Waals surface area contributed by atoms with Gasteiger partial charge in [-0.25, -0.2) is 4.79 Å². The van der Waals surface area contributed by atoms with Crippen molar-refractivity contribution in [1.29, 1.82) is 0 Å². The van der Waals surface area contributed by atoms with Gasteiger partial charge in [0.15, 0.2) is 0 Å². The molecule has 17 heavy (non-hydrogen) atoms. The summed E-state index contributed by atoms with van der Waals surface area (Å²) in [5.74, 6) is 0.470. The van der Waals surface area contributed by atoms with Crippen molar-refractivity contribution >= 4 is 11.9 Å². The van der Waals surface area contributed by atoms with Crippen LogP contribution in [0.2, 0.25) is 0 Å². The minimum atomic E-state index is -0.463. The molecule has 0 saturated carbocycles. The van der Waals surface area contributed by atoms with Crippen LogP contribution in [-0.2, 0) is 4.79 Å². The van der Waals surface area contributed by atoms with Crippen LogP contribution < -0.4 is 5.32 Å². The zero-order valence-corrected chi connectivity index (χ0v) is 11.2. The van der Waals surface area contributed by atoms with Crippen LogP contribution in [0.4, 0.5) is 4.79 Å². The van der Waals surface area contributed by atoms with Gasteiger partial charge in [-0.2, -0.15) is 0 Å². The van der Waals surface area contributed by atoms with Crippen LogP contribution in [0, 0.1) is 5.92 Å². The number of nitrogens with zero attached hydrogens (tertiary/aromatic N) is 2. The molecule has 1 fully saturated rings. The SMILES string of the molecule is CC1CCCN(C(=O)NC(C)C(=O)N(C)C)C1. The molecule has 0 aromatic carbocycles. The number of likely N-dealkylation sites (N-methyl/N-ethyl adjacent to an activating group) is 1. The minimum Gasteiger partial charge on any atom is -0.347 e. The van der Waals surface area contributed by atoms with Crippen LogP contribution in [0.5, 0.6) is 0 Å². The summed E-state index contributed by atoms with van der Waals surface area (Å²) >= 11 is 0. The topological polar surface area (TPSA) is 52.7 Å². The first kappa shape index (κ1) is 13.8. The number of carbonyl (C=O) groups excluding carboxylic acids is 2. The van der Waals surface area contributed by atoms with Gasteiger partial charge in [0.1, 0.15) is 6.04 Å². The van der Waals surface area contributed by atoms with E-state index in [1.54, 1.807) is 25.9 Å². The smallest absolute Gasteiger partial charge is 0.318 e. The third-order valence-electron chi connectivity index (χ3n) is 3.10. The fraction of sp³-hybridized carbons (Fsp3) is 0.833. The molecule has 1 N–H and O–H groups in total. The van der Waals surface area contributed by atoms with Crippen molar-refractivity contribution in [2.24, 2.45) is 5.92 Å². The maximum atomic E-state index is 11.9. The van der Waals surface area contributed by atoms with Crippen LogP contribution >= 0.6 is 0 Å². The van der Waals surface area contributed by atoms with Crippen molar-refractivity contribution < 1.29 is 9.59 Å². The lowest BCUT2D eigenvalue weighted by Gasteiger charge is -2.32. The molecule has 0 aromatic rings. The number of hydrogen-bond acceptors (Lipinski definition) is 2. The Kier molecular flexibility index (Phi) is 4.78. The Labute approximate surface area is 103 Å². The van der Waals surface area contributed by atoms with Crippen LogP contribution in [0.3, 0.4) is 0 Å². The molecular formula is C12H23N3O2. The van der Waals surface area contributed by atoms with E-state index in [4.69, 9.17) is 0 Å². The van der Waals surface area contributed by atoms with Crippen molar-refractivity contribution in [2.75, 3.05) is 27.2 Å². The molecule has 0 aromatic heterocycles. The molecule has 1 rings (SSSR count). The average molecular weight is 241 g/mol. The molecule has 0 spiro atoms. The summed E-state index contributed by atoms with van der Waals surface area (Å²) in [5, 5.41) is 2.75. The number of hydrogen-bond donors (Lipinski definition) is 1. The lowest BCUT2D eigenvalue weighted by atomic mass is 10.0. The molecule has 0 radical (unpaired) electrons. The number of urea groups is 1. The molecule has 5 nitrogen and oxygen atoms in total. The Balaban J connectivity index is 2.45. The second-order valence-electron chi connectivity index (χ2n) is 5.10. The lowest BCUT2D eigenvalue weighted by Crippen LogP contribution is -2.51. The van der Waals surface area contributed by atoms with Crippen LogP contribution in [0.15, 0.2) is 0 Å². The number of carbonyl (C=O) groups is 2. The zero-order valence-electron chi connectivity index (χ0n) is 11.2. The molecule has 1 aliphatic heterocycles. The van der Waals surface area contributed by atoms with Gasteiger partial charge in [0.05, 0.1) is 0 Å². The number of amides is 3. The summed E-state index contributed by atoms with van der Waals surface area (Å²) in [7, 11) is 3.38. The zero-order chi connectivity index (χ0) is 13.0. The highest BCUT2D eigenvalue weighted by atomic mass is 16.2. The Bertz CT molecular complexity index is 291. The van der Waals surface area contributed by atoms with Crippen molar-refractivity contribution in [3.05, 3.63) is 0 Å². The van der Waals surface area contributed by atoms with E-state index in [1.807, 2.05) is 0 Å².